The quantitative estimate of drug-likeness (QED) is 0.604. The second kappa shape index (κ2) is 9.16. The van der Waals surface area contributed by atoms with E-state index < -0.39 is 11.7 Å². The summed E-state index contributed by atoms with van der Waals surface area (Å²) in [5.41, 5.74) is 1.05. The van der Waals surface area contributed by atoms with Gasteiger partial charge in [-0.2, -0.15) is 13.2 Å². The average Bonchev–Trinajstić information content (AvgIpc) is 3.14. The molecule has 3 N–H and O–H groups in total. The molecule has 168 valence electrons. The standard InChI is InChI=1S/C22H26F3N3O2S/c23-22(24,25)17-3-1-2-15-16-10-14(4-5-18(16)28-20(15)17)21(29)27-12-19(31)26-11-13-6-8-30-9-7-13/h1-3,13-14,28H,4-12H2,(H,26,31)(H,27,29). The molecule has 4 rings (SSSR count). The minimum absolute atomic E-state index is 0.109. The van der Waals surface area contributed by atoms with Crippen LogP contribution in [-0.2, 0) is 28.5 Å². The summed E-state index contributed by atoms with van der Waals surface area (Å²) in [5, 5.41) is 6.66. The van der Waals surface area contributed by atoms with E-state index in [0.29, 0.717) is 35.6 Å². The Bertz CT molecular complexity index is 967. The largest absolute Gasteiger partial charge is 0.418 e. The molecule has 0 bridgehead atoms. The first kappa shape index (κ1) is 22.1. The van der Waals surface area contributed by atoms with E-state index in [2.05, 4.69) is 15.6 Å². The Kier molecular flexibility index (Phi) is 6.52. The van der Waals surface area contributed by atoms with Gasteiger partial charge in [0.2, 0.25) is 5.91 Å². The molecule has 2 aliphatic rings. The number of hydrogen-bond donors (Lipinski definition) is 3. The number of para-hydroxylation sites is 1. The van der Waals surface area contributed by atoms with Crippen LogP contribution in [0.1, 0.15) is 36.1 Å². The van der Waals surface area contributed by atoms with E-state index in [1.807, 2.05) is 0 Å². The topological polar surface area (TPSA) is 66.2 Å². The van der Waals surface area contributed by atoms with Gasteiger partial charge in [0.25, 0.3) is 0 Å². The lowest BCUT2D eigenvalue weighted by atomic mass is 9.85. The highest BCUT2D eigenvalue weighted by Crippen LogP contribution is 2.38. The van der Waals surface area contributed by atoms with Crippen LogP contribution >= 0.6 is 12.2 Å². The number of alkyl halides is 3. The highest BCUT2D eigenvalue weighted by Gasteiger charge is 2.35. The summed E-state index contributed by atoms with van der Waals surface area (Å²) in [4.78, 5) is 16.3. The predicted octanol–water partition coefficient (Wildman–Crippen LogP) is 3.75. The van der Waals surface area contributed by atoms with Crippen molar-refractivity contribution in [3.05, 3.63) is 35.0 Å². The number of hydrogen-bond acceptors (Lipinski definition) is 3. The van der Waals surface area contributed by atoms with Gasteiger partial charge in [0, 0.05) is 36.8 Å². The Morgan fingerprint density at radius 3 is 2.71 bits per heavy atom. The van der Waals surface area contributed by atoms with Crippen LogP contribution in [0.25, 0.3) is 10.9 Å². The highest BCUT2D eigenvalue weighted by molar-refractivity contribution is 7.80. The number of carbonyl (C=O) groups is 1. The van der Waals surface area contributed by atoms with E-state index in [0.717, 1.165) is 49.9 Å². The first-order chi connectivity index (χ1) is 14.8. The molecule has 2 heterocycles. The van der Waals surface area contributed by atoms with Crippen LogP contribution in [0.2, 0.25) is 0 Å². The summed E-state index contributed by atoms with van der Waals surface area (Å²) in [7, 11) is 0. The minimum Gasteiger partial charge on any atom is -0.381 e. The normalized spacial score (nSPS) is 19.8. The van der Waals surface area contributed by atoms with Crippen molar-refractivity contribution in [2.24, 2.45) is 11.8 Å². The van der Waals surface area contributed by atoms with Crippen LogP contribution < -0.4 is 10.6 Å². The molecule has 1 aliphatic heterocycles. The van der Waals surface area contributed by atoms with Crippen molar-refractivity contribution in [3.63, 3.8) is 0 Å². The number of rotatable bonds is 5. The molecular formula is C22H26F3N3O2S. The lowest BCUT2D eigenvalue weighted by molar-refractivity contribution is -0.136. The molecule has 1 amide bonds. The Morgan fingerprint density at radius 1 is 1.19 bits per heavy atom. The number of aromatic nitrogens is 1. The van der Waals surface area contributed by atoms with Gasteiger partial charge in [-0.1, -0.05) is 24.4 Å². The van der Waals surface area contributed by atoms with Gasteiger partial charge in [-0.3, -0.25) is 4.79 Å². The fourth-order valence-corrected chi connectivity index (χ4v) is 4.64. The Hall–Kier alpha value is -2.13. The van der Waals surface area contributed by atoms with Gasteiger partial charge in [0.05, 0.1) is 22.6 Å². The summed E-state index contributed by atoms with van der Waals surface area (Å²) in [5.74, 6) is 0.143. The molecule has 1 saturated heterocycles. The number of aromatic amines is 1. The van der Waals surface area contributed by atoms with E-state index in [1.165, 1.54) is 6.07 Å². The zero-order valence-electron chi connectivity index (χ0n) is 17.1. The van der Waals surface area contributed by atoms with Crippen molar-refractivity contribution in [2.75, 3.05) is 26.3 Å². The number of ether oxygens (including phenoxy) is 1. The molecule has 1 aromatic carbocycles. The molecule has 9 heteroatoms. The monoisotopic (exact) mass is 453 g/mol. The summed E-state index contributed by atoms with van der Waals surface area (Å²) in [6.45, 7) is 2.60. The second-order valence-electron chi connectivity index (χ2n) is 8.33. The van der Waals surface area contributed by atoms with Gasteiger partial charge in [0.15, 0.2) is 0 Å². The maximum atomic E-state index is 13.3. The lowest BCUT2D eigenvalue weighted by Crippen LogP contribution is -2.41. The Balaban J connectivity index is 1.35. The number of carbonyl (C=O) groups excluding carboxylic acids is 1. The molecule has 31 heavy (non-hydrogen) atoms. The minimum atomic E-state index is -4.42. The summed E-state index contributed by atoms with van der Waals surface area (Å²) < 4.78 is 45.4. The first-order valence-corrected chi connectivity index (χ1v) is 11.1. The maximum Gasteiger partial charge on any atom is 0.418 e. The van der Waals surface area contributed by atoms with E-state index >= 15 is 0 Å². The molecule has 0 radical (unpaired) electrons. The van der Waals surface area contributed by atoms with Gasteiger partial charge in [-0.25, -0.2) is 0 Å². The molecule has 1 fully saturated rings. The molecule has 1 aliphatic carbocycles. The number of amides is 1. The number of benzene rings is 1. The smallest absolute Gasteiger partial charge is 0.381 e. The molecule has 5 nitrogen and oxygen atoms in total. The van der Waals surface area contributed by atoms with Gasteiger partial charge in [-0.15, -0.1) is 0 Å². The Labute approximate surface area is 184 Å². The number of aryl methyl sites for hydroxylation is 1. The maximum absolute atomic E-state index is 13.3. The zero-order valence-corrected chi connectivity index (χ0v) is 17.9. The number of fused-ring (bicyclic) bond motifs is 3. The summed E-state index contributed by atoms with van der Waals surface area (Å²) in [6.07, 6.45) is -0.844. The molecule has 1 unspecified atom stereocenters. The first-order valence-electron chi connectivity index (χ1n) is 10.6. The van der Waals surface area contributed by atoms with E-state index in [9.17, 15) is 18.0 Å². The van der Waals surface area contributed by atoms with Crippen molar-refractivity contribution in [1.82, 2.24) is 15.6 Å². The van der Waals surface area contributed by atoms with Gasteiger partial charge >= 0.3 is 6.18 Å². The molecular weight excluding hydrogens is 427 g/mol. The van der Waals surface area contributed by atoms with Gasteiger partial charge in [0.1, 0.15) is 0 Å². The van der Waals surface area contributed by atoms with Crippen molar-refractivity contribution < 1.29 is 22.7 Å². The number of nitrogens with one attached hydrogen (secondary N) is 3. The van der Waals surface area contributed by atoms with Crippen molar-refractivity contribution in [3.8, 4) is 0 Å². The van der Waals surface area contributed by atoms with E-state index in [1.54, 1.807) is 6.07 Å². The van der Waals surface area contributed by atoms with Crippen LogP contribution in [0.4, 0.5) is 13.2 Å². The van der Waals surface area contributed by atoms with Crippen LogP contribution in [0.3, 0.4) is 0 Å². The van der Waals surface area contributed by atoms with Crippen molar-refractivity contribution in [1.29, 1.82) is 0 Å². The SMILES string of the molecule is O=C(NCC(=S)NCC1CCOCC1)C1CCc2[nH]c3c(C(F)(F)F)cccc3c2C1. The Morgan fingerprint density at radius 2 is 1.97 bits per heavy atom. The van der Waals surface area contributed by atoms with Crippen molar-refractivity contribution >= 4 is 34.0 Å². The summed E-state index contributed by atoms with van der Waals surface area (Å²) >= 11 is 5.34. The van der Waals surface area contributed by atoms with Gasteiger partial charge < -0.3 is 20.4 Å². The molecule has 1 aromatic heterocycles. The lowest BCUT2D eigenvalue weighted by Gasteiger charge is -2.24. The third kappa shape index (κ3) is 5.03. The predicted molar refractivity (Wildman–Crippen MR) is 116 cm³/mol. The van der Waals surface area contributed by atoms with Crippen LogP contribution in [0, 0.1) is 11.8 Å². The third-order valence-electron chi connectivity index (χ3n) is 6.25. The molecule has 0 saturated carbocycles. The van der Waals surface area contributed by atoms with Crippen LogP contribution in [-0.4, -0.2) is 42.2 Å². The van der Waals surface area contributed by atoms with Crippen LogP contribution in [0.15, 0.2) is 18.2 Å². The fourth-order valence-electron chi connectivity index (χ4n) is 4.48. The molecule has 2 aromatic rings. The van der Waals surface area contributed by atoms with Crippen LogP contribution in [0.5, 0.6) is 0 Å². The van der Waals surface area contributed by atoms with Gasteiger partial charge in [-0.05, 0) is 49.7 Å². The molecule has 0 spiro atoms. The number of halogens is 3. The number of H-pyrrole nitrogens is 1. The number of thiocarbonyl (C=S) groups is 1. The van der Waals surface area contributed by atoms with E-state index in [-0.39, 0.29) is 23.9 Å². The second-order valence-corrected chi connectivity index (χ2v) is 8.82. The average molecular weight is 454 g/mol. The zero-order chi connectivity index (χ0) is 22.0. The fraction of sp³-hybridized carbons (Fsp3) is 0.545. The highest BCUT2D eigenvalue weighted by atomic mass is 32.1. The summed E-state index contributed by atoms with van der Waals surface area (Å²) in [6, 6.07) is 4.20. The van der Waals surface area contributed by atoms with Crippen molar-refractivity contribution in [2.45, 2.75) is 38.3 Å². The third-order valence-corrected chi connectivity index (χ3v) is 6.54. The molecule has 1 atom stereocenters. The van der Waals surface area contributed by atoms with E-state index in [4.69, 9.17) is 17.0 Å².